The smallest absolute Gasteiger partial charge is 0.266 e. The third-order valence-corrected chi connectivity index (χ3v) is 4.79. The molecule has 6 unspecified atom stereocenters. The Morgan fingerprint density at radius 1 is 1.67 bits per heavy atom. The zero-order valence-electron chi connectivity index (χ0n) is 10.2. The zero-order valence-corrected chi connectivity index (χ0v) is 10.2. The number of fused-ring (bicyclic) bond motifs is 5. The van der Waals surface area contributed by atoms with E-state index in [2.05, 4.69) is 11.1 Å². The second kappa shape index (κ2) is 3.48. The average molecular weight is 248 g/mol. The fourth-order valence-corrected chi connectivity index (χ4v) is 3.97. The van der Waals surface area contributed by atoms with Crippen molar-refractivity contribution >= 4 is 11.6 Å². The van der Waals surface area contributed by atoms with Gasteiger partial charge in [-0.1, -0.05) is 11.1 Å². The molecule has 2 bridgehead atoms. The number of nitrogens with zero attached hydrogens (tertiary/aromatic N) is 1. The highest BCUT2D eigenvalue weighted by Gasteiger charge is 2.62. The third-order valence-electron chi connectivity index (χ3n) is 4.79. The minimum Gasteiger partial charge on any atom is -0.391 e. The Morgan fingerprint density at radius 2 is 2.39 bits per heavy atom. The zero-order chi connectivity index (χ0) is 13.1. The van der Waals surface area contributed by atoms with E-state index in [1.54, 1.807) is 6.92 Å². The molecule has 6 atom stereocenters. The summed E-state index contributed by atoms with van der Waals surface area (Å²) in [5.74, 6) is 2.41. The molecule has 2 fully saturated rings. The Hall–Kier alpha value is -1.54. The van der Waals surface area contributed by atoms with Crippen LogP contribution in [0.2, 0.25) is 0 Å². The molecule has 0 aromatic carbocycles. The lowest BCUT2D eigenvalue weighted by Crippen LogP contribution is -2.45. The van der Waals surface area contributed by atoms with E-state index in [9.17, 15) is 9.90 Å². The van der Waals surface area contributed by atoms with E-state index in [4.69, 9.17) is 17.0 Å². The fourth-order valence-electron chi connectivity index (χ4n) is 3.97. The summed E-state index contributed by atoms with van der Waals surface area (Å²) in [6.45, 7) is 1.66. The molecule has 0 spiro atoms. The number of carbonyl (C=O) groups is 1. The number of nitrogens with two attached hydrogens (primary N) is 1. The molecule has 0 radical (unpaired) electrons. The SMILES string of the molecule is C#CC(C)(O)C1CC2CC1C1ON=C(C(N)=O)C21. The van der Waals surface area contributed by atoms with Gasteiger partial charge in [-0.25, -0.2) is 0 Å². The van der Waals surface area contributed by atoms with Crippen LogP contribution in [0.5, 0.6) is 0 Å². The Kier molecular flexibility index (Phi) is 2.23. The van der Waals surface area contributed by atoms with Crippen LogP contribution in [0.15, 0.2) is 5.16 Å². The van der Waals surface area contributed by atoms with Crippen LogP contribution < -0.4 is 5.73 Å². The average Bonchev–Trinajstić information content (AvgIpc) is 2.99. The lowest BCUT2D eigenvalue weighted by atomic mass is 9.72. The summed E-state index contributed by atoms with van der Waals surface area (Å²) >= 11 is 0. The number of rotatable bonds is 2. The number of carbonyl (C=O) groups excluding carboxylic acids is 1. The van der Waals surface area contributed by atoms with Crippen molar-refractivity contribution in [1.29, 1.82) is 0 Å². The Morgan fingerprint density at radius 3 is 3.00 bits per heavy atom. The van der Waals surface area contributed by atoms with Gasteiger partial charge < -0.3 is 15.7 Å². The normalized spacial score (nSPS) is 43.6. The summed E-state index contributed by atoms with van der Waals surface area (Å²) < 4.78 is 0. The van der Waals surface area contributed by atoms with Crippen LogP contribution in [0.3, 0.4) is 0 Å². The molecule has 1 aliphatic heterocycles. The predicted octanol–water partition coefficient (Wildman–Crippen LogP) is -0.117. The van der Waals surface area contributed by atoms with Crippen LogP contribution in [0.1, 0.15) is 19.8 Å². The van der Waals surface area contributed by atoms with Gasteiger partial charge in [-0.3, -0.25) is 4.79 Å². The van der Waals surface area contributed by atoms with Crippen molar-refractivity contribution in [3.8, 4) is 12.3 Å². The molecule has 5 heteroatoms. The molecule has 3 aliphatic rings. The molecular formula is C13H16N2O3. The Balaban J connectivity index is 1.85. The predicted molar refractivity (Wildman–Crippen MR) is 64.2 cm³/mol. The Bertz CT molecular complexity index is 477. The van der Waals surface area contributed by atoms with Crippen LogP contribution in [-0.4, -0.2) is 28.4 Å². The number of terminal acetylenes is 1. The van der Waals surface area contributed by atoms with Gasteiger partial charge in [-0.05, 0) is 25.7 Å². The van der Waals surface area contributed by atoms with Gasteiger partial charge in [0.25, 0.3) is 5.91 Å². The van der Waals surface area contributed by atoms with Crippen molar-refractivity contribution in [2.75, 3.05) is 0 Å². The van der Waals surface area contributed by atoms with E-state index in [1.165, 1.54) is 0 Å². The molecule has 3 rings (SSSR count). The molecule has 96 valence electrons. The lowest BCUT2D eigenvalue weighted by Gasteiger charge is -2.36. The van der Waals surface area contributed by atoms with Crippen molar-refractivity contribution < 1.29 is 14.7 Å². The van der Waals surface area contributed by atoms with Crippen LogP contribution in [0.25, 0.3) is 0 Å². The maximum absolute atomic E-state index is 11.3. The van der Waals surface area contributed by atoms with Crippen LogP contribution in [0.4, 0.5) is 0 Å². The monoisotopic (exact) mass is 248 g/mol. The summed E-state index contributed by atoms with van der Waals surface area (Å²) in [6, 6.07) is 0. The third kappa shape index (κ3) is 1.33. The molecule has 2 aliphatic carbocycles. The molecule has 5 nitrogen and oxygen atoms in total. The van der Waals surface area contributed by atoms with Gasteiger partial charge >= 0.3 is 0 Å². The first-order valence-electron chi connectivity index (χ1n) is 6.19. The summed E-state index contributed by atoms with van der Waals surface area (Å²) in [7, 11) is 0. The number of oxime groups is 1. The first-order chi connectivity index (χ1) is 8.45. The first kappa shape index (κ1) is 11.5. The van der Waals surface area contributed by atoms with Crippen LogP contribution in [-0.2, 0) is 9.63 Å². The highest BCUT2D eigenvalue weighted by Crippen LogP contribution is 2.57. The van der Waals surface area contributed by atoms with Gasteiger partial charge in [0.2, 0.25) is 0 Å². The maximum Gasteiger partial charge on any atom is 0.266 e. The number of primary amides is 1. The van der Waals surface area contributed by atoms with E-state index >= 15 is 0 Å². The summed E-state index contributed by atoms with van der Waals surface area (Å²) in [5.41, 5.74) is 4.53. The summed E-state index contributed by atoms with van der Waals surface area (Å²) in [5, 5.41) is 14.0. The van der Waals surface area contributed by atoms with Gasteiger partial charge in [-0.15, -0.1) is 6.42 Å². The van der Waals surface area contributed by atoms with Gasteiger partial charge in [-0.2, -0.15) is 0 Å². The molecule has 0 aromatic heterocycles. The molecule has 1 amide bonds. The second-order valence-corrected chi connectivity index (χ2v) is 5.73. The number of aliphatic hydroxyl groups is 1. The molecule has 0 saturated heterocycles. The molecule has 18 heavy (non-hydrogen) atoms. The van der Waals surface area contributed by atoms with E-state index in [0.717, 1.165) is 12.8 Å². The fraction of sp³-hybridized carbons (Fsp3) is 0.692. The maximum atomic E-state index is 11.3. The topological polar surface area (TPSA) is 84.9 Å². The van der Waals surface area contributed by atoms with Crippen molar-refractivity contribution in [2.24, 2.45) is 34.6 Å². The first-order valence-corrected chi connectivity index (χ1v) is 6.19. The molecular weight excluding hydrogens is 232 g/mol. The molecule has 2 saturated carbocycles. The minimum atomic E-state index is -1.12. The largest absolute Gasteiger partial charge is 0.391 e. The highest BCUT2D eigenvalue weighted by molar-refractivity contribution is 6.39. The van der Waals surface area contributed by atoms with Gasteiger partial charge in [0.1, 0.15) is 11.7 Å². The number of amides is 1. The van der Waals surface area contributed by atoms with E-state index in [1.807, 2.05) is 0 Å². The van der Waals surface area contributed by atoms with Crippen molar-refractivity contribution in [1.82, 2.24) is 0 Å². The second-order valence-electron chi connectivity index (χ2n) is 5.73. The van der Waals surface area contributed by atoms with E-state index in [0.29, 0.717) is 11.6 Å². The Labute approximate surface area is 105 Å². The van der Waals surface area contributed by atoms with Gasteiger partial charge in [0.15, 0.2) is 5.71 Å². The summed E-state index contributed by atoms with van der Waals surface area (Å²) in [4.78, 5) is 16.6. The van der Waals surface area contributed by atoms with Gasteiger partial charge in [0.05, 0.1) is 5.92 Å². The minimum absolute atomic E-state index is 0.00248. The van der Waals surface area contributed by atoms with Crippen molar-refractivity contribution in [3.63, 3.8) is 0 Å². The highest BCUT2D eigenvalue weighted by atomic mass is 16.6. The van der Waals surface area contributed by atoms with Crippen molar-refractivity contribution in [3.05, 3.63) is 0 Å². The molecule has 3 N–H and O–H groups in total. The molecule has 1 heterocycles. The lowest BCUT2D eigenvalue weighted by molar-refractivity contribution is -0.112. The quantitative estimate of drug-likeness (QED) is 0.668. The number of hydrogen-bond acceptors (Lipinski definition) is 4. The van der Waals surface area contributed by atoms with E-state index < -0.39 is 11.5 Å². The standard InChI is InChI=1S/C13H16N2O3/c1-3-13(2,17)8-5-6-4-7(8)11-9(6)10(12(14)16)15-18-11/h1,6-9,11,17H,4-5H2,2H3,(H2,14,16). The number of hydrogen-bond donors (Lipinski definition) is 2. The van der Waals surface area contributed by atoms with E-state index in [-0.39, 0.29) is 23.9 Å². The van der Waals surface area contributed by atoms with Crippen LogP contribution >= 0.6 is 0 Å². The van der Waals surface area contributed by atoms with Gasteiger partial charge in [0, 0.05) is 11.8 Å². The van der Waals surface area contributed by atoms with Crippen molar-refractivity contribution in [2.45, 2.75) is 31.5 Å². The molecule has 0 aromatic rings. The van der Waals surface area contributed by atoms with Crippen LogP contribution in [0, 0.1) is 36.0 Å². The summed E-state index contributed by atoms with van der Waals surface area (Å²) in [6.07, 6.45) is 6.97.